The molecule has 0 aliphatic heterocycles. The second kappa shape index (κ2) is 30.2. The number of hydrogen-bond donors (Lipinski definition) is 0. The van der Waals surface area contributed by atoms with Crippen LogP contribution in [0.3, 0.4) is 0 Å². The van der Waals surface area contributed by atoms with Crippen molar-refractivity contribution in [1.29, 1.82) is 0 Å². The van der Waals surface area contributed by atoms with Crippen molar-refractivity contribution < 1.29 is 13.3 Å². The smallest absolute Gasteiger partial charge is 0.238 e. The highest BCUT2D eigenvalue weighted by molar-refractivity contribution is 7.33. The van der Waals surface area contributed by atoms with Gasteiger partial charge in [-0.15, -0.1) is 45.3 Å². The monoisotopic (exact) mass is 1810 g/mol. The van der Waals surface area contributed by atoms with E-state index in [1.165, 1.54) is 89.2 Å². The molecule has 0 aliphatic carbocycles. The summed E-state index contributed by atoms with van der Waals surface area (Å²) in [5.74, 6) is 1.93. The van der Waals surface area contributed by atoms with Gasteiger partial charge in [-0.2, -0.15) is 4.98 Å². The van der Waals surface area contributed by atoms with Crippen molar-refractivity contribution in [2.75, 3.05) is 0 Å². The molecule has 136 heavy (non-hydrogen) atoms. The van der Waals surface area contributed by atoms with Gasteiger partial charge in [-0.05, 0) is 119 Å². The first-order valence-electron chi connectivity index (χ1n) is 45.3. The Balaban J connectivity index is 0.0000000989. The van der Waals surface area contributed by atoms with Crippen LogP contribution in [0.5, 0.6) is 0 Å². The number of nitrogens with zero attached hydrogens (tertiary/aromatic N) is 9. The third kappa shape index (κ3) is 11.8. The van der Waals surface area contributed by atoms with Gasteiger partial charge in [0.2, 0.25) is 23.6 Å². The average Bonchev–Trinajstić information content (AvgIpc) is 1.57. The highest BCUT2D eigenvalue weighted by Gasteiger charge is 2.29. The van der Waals surface area contributed by atoms with Crippen LogP contribution in [0.1, 0.15) is 0 Å². The topological polar surface area (TPSA) is 132 Å². The van der Waals surface area contributed by atoms with E-state index in [1.54, 1.807) is 34.0 Å². The predicted molar refractivity (Wildman–Crippen MR) is 570 cm³/mol. The number of hydrogen-bond acceptors (Lipinski definition) is 13. The Morgan fingerprint density at radius 1 is 0.184 bits per heavy atom. The maximum Gasteiger partial charge on any atom is 0.238 e. The minimum atomic E-state index is 0.587. The number of benzene rings is 18. The van der Waals surface area contributed by atoms with Crippen LogP contribution >= 0.6 is 45.3 Å². The van der Waals surface area contributed by atoms with E-state index < -0.39 is 0 Å². The zero-order chi connectivity index (χ0) is 88.9. The Morgan fingerprint density at radius 3 is 1.07 bits per heavy atom. The standard InChI is InChI=1S/C40H21N3OS2.2C40H23N3OS/c1-5-13-30-23(9-1)24-10-2-6-14-31(24)43(30)40-41-36(22-17-20-33-29(21-22)25-11-3-7-15-32(25)44-33)35-28-19-18-27-26-12-4-8-16-34(26)45-37(27)38(28)46-39(35)42-40;1-2-11-24(12-3-1)25-13-10-14-26(23-25)36-35-31-22-21-30-29-17-6-9-20-34(29)44-37(30)38(31)45-39(35)42-40(41-36)43-32-18-7-4-15-27(32)28-16-5-8-19-33(28)43;1-2-10-24(11-3-1)25-18-20-26(21-19-25)36-35-31-23-22-30-29-14-6-9-17-34(29)45-38(30)37(31)44-39(35)42-40(41-36)43-32-15-7-4-12-27(32)28-13-5-8-16-33(28)43/h1-21H;2*1-23H. The van der Waals surface area contributed by atoms with Gasteiger partial charge >= 0.3 is 0 Å². The summed E-state index contributed by atoms with van der Waals surface area (Å²) in [4.78, 5) is 34.0. The Bertz CT molecular complexity index is 10300. The first-order valence-corrected chi connectivity index (χ1v) is 48.5. The maximum atomic E-state index is 6.76. The summed E-state index contributed by atoms with van der Waals surface area (Å²) < 4.78 is 33.4. The van der Waals surface area contributed by atoms with Crippen molar-refractivity contribution in [1.82, 2.24) is 43.6 Å². The summed E-state index contributed by atoms with van der Waals surface area (Å²) in [5.41, 5.74) is 22.0. The molecule has 0 bridgehead atoms. The summed E-state index contributed by atoms with van der Waals surface area (Å²) >= 11 is 7.08. The molecule has 0 saturated heterocycles. The largest absolute Gasteiger partial charge is 0.456 e. The van der Waals surface area contributed by atoms with Gasteiger partial charge in [-0.3, -0.25) is 13.7 Å². The van der Waals surface area contributed by atoms with Gasteiger partial charge < -0.3 is 13.3 Å². The van der Waals surface area contributed by atoms with Gasteiger partial charge in [-0.1, -0.05) is 309 Å². The molecule has 0 spiro atoms. The molecule has 0 radical (unpaired) electrons. The molecular weight excluding hydrogens is 1740 g/mol. The molecule has 18 aromatic carbocycles. The number of thiophene rings is 4. The Hall–Kier alpha value is -17.1. The van der Waals surface area contributed by atoms with E-state index in [9.17, 15) is 0 Å². The molecule has 0 N–H and O–H groups in total. The molecule has 31 aromatic rings. The molecule has 0 atom stereocenters. The Morgan fingerprint density at radius 2 is 0.522 bits per heavy atom. The second-order valence-electron chi connectivity index (χ2n) is 34.5. The molecular formula is C120H67N9O3S4. The summed E-state index contributed by atoms with van der Waals surface area (Å²) in [6.45, 7) is 0. The average molecular weight is 1810 g/mol. The lowest BCUT2D eigenvalue weighted by molar-refractivity contribution is 0.655. The molecule has 16 heteroatoms. The van der Waals surface area contributed by atoms with Crippen LogP contribution in [0.25, 0.3) is 286 Å². The van der Waals surface area contributed by atoms with Gasteiger partial charge in [0.1, 0.15) is 26.4 Å². The van der Waals surface area contributed by atoms with Gasteiger partial charge in [-0.25, -0.2) is 24.9 Å². The van der Waals surface area contributed by atoms with E-state index in [2.05, 4.69) is 390 Å². The van der Waals surface area contributed by atoms with E-state index in [-0.39, 0.29) is 0 Å². The molecule has 13 aromatic heterocycles. The third-order valence-electron chi connectivity index (χ3n) is 27.0. The summed E-state index contributed by atoms with van der Waals surface area (Å²) in [5, 5.41) is 23.0. The zero-order valence-corrected chi connectivity index (χ0v) is 75.3. The van der Waals surface area contributed by atoms with Gasteiger partial charge in [0.05, 0.1) is 74.4 Å². The van der Waals surface area contributed by atoms with E-state index in [4.69, 9.17) is 43.2 Å². The normalized spacial score (nSPS) is 12.1. The van der Waals surface area contributed by atoms with Crippen LogP contribution in [-0.4, -0.2) is 43.6 Å². The van der Waals surface area contributed by atoms with Crippen molar-refractivity contribution >= 4 is 258 Å². The van der Waals surface area contributed by atoms with Gasteiger partial charge in [0.15, 0.2) is 11.2 Å². The van der Waals surface area contributed by atoms with Crippen LogP contribution in [0.4, 0.5) is 0 Å². The molecule has 0 saturated carbocycles. The molecule has 0 unspecified atom stereocenters. The highest BCUT2D eigenvalue weighted by atomic mass is 32.1. The molecule has 31 rings (SSSR count). The number of furan rings is 3. The van der Waals surface area contributed by atoms with Crippen molar-refractivity contribution in [3.05, 3.63) is 406 Å². The summed E-state index contributed by atoms with van der Waals surface area (Å²) in [7, 11) is 0. The molecule has 0 fully saturated rings. The van der Waals surface area contributed by atoms with Crippen LogP contribution in [0, 0.1) is 0 Å². The van der Waals surface area contributed by atoms with E-state index in [0.717, 1.165) is 173 Å². The predicted octanol–water partition coefficient (Wildman–Crippen LogP) is 34.2. The minimum absolute atomic E-state index is 0.587. The number of rotatable bonds is 8. The molecule has 634 valence electrons. The molecule has 12 nitrogen and oxygen atoms in total. The first kappa shape index (κ1) is 76.6. The lowest BCUT2D eigenvalue weighted by Gasteiger charge is -2.11. The number of aromatic nitrogens is 9. The lowest BCUT2D eigenvalue weighted by Crippen LogP contribution is -2.02. The lowest BCUT2D eigenvalue weighted by atomic mass is 9.99. The van der Waals surface area contributed by atoms with Crippen LogP contribution in [-0.2, 0) is 0 Å². The van der Waals surface area contributed by atoms with Crippen LogP contribution in [0.2, 0.25) is 0 Å². The summed E-state index contributed by atoms with van der Waals surface area (Å²) in [6.07, 6.45) is 0. The van der Waals surface area contributed by atoms with E-state index in [1.807, 2.05) is 41.7 Å². The Labute approximate surface area is 788 Å². The third-order valence-corrected chi connectivity index (χ3v) is 31.7. The molecule has 0 amide bonds. The van der Waals surface area contributed by atoms with Gasteiger partial charge in [0.25, 0.3) is 0 Å². The molecule has 13 heterocycles. The van der Waals surface area contributed by atoms with Crippen molar-refractivity contribution in [2.24, 2.45) is 0 Å². The minimum Gasteiger partial charge on any atom is -0.456 e. The van der Waals surface area contributed by atoms with Crippen molar-refractivity contribution in [2.45, 2.75) is 0 Å². The van der Waals surface area contributed by atoms with Crippen LogP contribution in [0.15, 0.2) is 420 Å². The van der Waals surface area contributed by atoms with Crippen LogP contribution < -0.4 is 0 Å². The second-order valence-corrected chi connectivity index (χ2v) is 38.6. The number of para-hydroxylation sites is 8. The fourth-order valence-corrected chi connectivity index (χ4v) is 25.7. The quantitative estimate of drug-likeness (QED) is 0.146. The summed E-state index contributed by atoms with van der Waals surface area (Å²) in [6, 6.07) is 143. The first-order chi connectivity index (χ1) is 67.4. The highest BCUT2D eigenvalue weighted by Crippen LogP contribution is 2.51. The van der Waals surface area contributed by atoms with E-state index >= 15 is 0 Å². The maximum absolute atomic E-state index is 6.76. The number of fused-ring (bicyclic) bond motifs is 33. The zero-order valence-electron chi connectivity index (χ0n) is 72.1. The van der Waals surface area contributed by atoms with Crippen molar-refractivity contribution in [3.63, 3.8) is 0 Å². The SMILES string of the molecule is c1ccc(-c2ccc(-c3nc(-n4c5ccccc5c5ccccc54)nc4oc5c(ccc6c7ccccc7sc65)c34)cc2)cc1.c1ccc(-c2cccc(-c3nc(-n4c5ccccc5c5ccccc54)nc4sc5c(ccc6c7ccccc7oc65)c34)c2)cc1.c1ccc2c(c1)oc1ccc(-c3nc(-n4c5ccccc5c5ccccc54)nc4sc5c(ccc6c7ccccc7sc65)c34)cc12. The Kier molecular flexibility index (Phi) is 17.0. The van der Waals surface area contributed by atoms with E-state index in [0.29, 0.717) is 23.6 Å². The van der Waals surface area contributed by atoms with Crippen molar-refractivity contribution in [3.8, 4) is 73.9 Å². The van der Waals surface area contributed by atoms with Gasteiger partial charge in [0, 0.05) is 128 Å². The fraction of sp³-hybridized carbons (Fsp3) is 0. The molecule has 0 aliphatic rings. The fourth-order valence-electron chi connectivity index (χ4n) is 20.9.